The first-order chi connectivity index (χ1) is 7.09. The van der Waals surface area contributed by atoms with Crippen molar-refractivity contribution in [1.82, 2.24) is 5.32 Å². The Hall–Kier alpha value is 0.270. The fourth-order valence-corrected chi connectivity index (χ4v) is 4.01. The van der Waals surface area contributed by atoms with Gasteiger partial charge in [-0.1, -0.05) is 19.8 Å². The van der Waals surface area contributed by atoms with Crippen molar-refractivity contribution in [1.29, 1.82) is 0 Å². The second kappa shape index (κ2) is 6.12. The number of aliphatic hydroxyl groups is 1. The molecule has 15 heavy (non-hydrogen) atoms. The average Bonchev–Trinajstić information content (AvgIpc) is 2.70. The molecule has 2 unspecified atom stereocenters. The molecule has 2 nitrogen and oxygen atoms in total. The molecule has 0 spiro atoms. The third-order valence-electron chi connectivity index (χ3n) is 3.42. The zero-order valence-electron chi connectivity index (χ0n) is 10.3. The molecule has 2 N–H and O–H groups in total. The SMILES string of the molecule is CNC(C)(CO)CC(C)SC1CCCC1. The van der Waals surface area contributed by atoms with E-state index >= 15 is 0 Å². The summed E-state index contributed by atoms with van der Waals surface area (Å²) in [5, 5.41) is 14.1. The van der Waals surface area contributed by atoms with E-state index in [1.54, 1.807) is 0 Å². The predicted octanol–water partition coefficient (Wildman–Crippen LogP) is 2.41. The van der Waals surface area contributed by atoms with Crippen LogP contribution in [0.4, 0.5) is 0 Å². The minimum atomic E-state index is -0.106. The molecule has 0 radical (unpaired) electrons. The lowest BCUT2D eigenvalue weighted by molar-refractivity contribution is 0.174. The Morgan fingerprint density at radius 1 is 1.47 bits per heavy atom. The summed E-state index contributed by atoms with van der Waals surface area (Å²) in [5.41, 5.74) is -0.106. The molecular weight excluding hydrogens is 206 g/mol. The maximum atomic E-state index is 9.32. The van der Waals surface area contributed by atoms with E-state index in [0.29, 0.717) is 5.25 Å². The Labute approximate surface area is 98.2 Å². The van der Waals surface area contributed by atoms with Crippen molar-refractivity contribution in [3.63, 3.8) is 0 Å². The summed E-state index contributed by atoms with van der Waals surface area (Å²) in [6.45, 7) is 4.60. The van der Waals surface area contributed by atoms with Gasteiger partial charge in [0.15, 0.2) is 0 Å². The summed E-state index contributed by atoms with van der Waals surface area (Å²) in [7, 11) is 1.93. The number of likely N-dealkylation sites (N-methyl/N-ethyl adjacent to an activating group) is 1. The molecule has 0 heterocycles. The minimum Gasteiger partial charge on any atom is -0.394 e. The van der Waals surface area contributed by atoms with Crippen molar-refractivity contribution < 1.29 is 5.11 Å². The number of hydrogen-bond acceptors (Lipinski definition) is 3. The van der Waals surface area contributed by atoms with Crippen LogP contribution < -0.4 is 5.32 Å². The quantitative estimate of drug-likeness (QED) is 0.736. The maximum absolute atomic E-state index is 9.32. The zero-order valence-corrected chi connectivity index (χ0v) is 11.1. The zero-order chi connectivity index (χ0) is 11.3. The van der Waals surface area contributed by atoms with Gasteiger partial charge in [0.05, 0.1) is 6.61 Å². The Kier molecular flexibility index (Phi) is 5.44. The highest BCUT2D eigenvalue weighted by Crippen LogP contribution is 2.34. The van der Waals surface area contributed by atoms with Crippen LogP contribution in [0.25, 0.3) is 0 Å². The van der Waals surface area contributed by atoms with Gasteiger partial charge < -0.3 is 10.4 Å². The Bertz CT molecular complexity index is 176. The van der Waals surface area contributed by atoms with Crippen molar-refractivity contribution in [2.45, 2.75) is 62.0 Å². The van der Waals surface area contributed by atoms with Crippen LogP contribution in [0.1, 0.15) is 46.0 Å². The van der Waals surface area contributed by atoms with E-state index < -0.39 is 0 Å². The molecule has 3 heteroatoms. The molecule has 0 aliphatic heterocycles. The first-order valence-electron chi connectivity index (χ1n) is 6.05. The highest BCUT2D eigenvalue weighted by Gasteiger charge is 2.26. The van der Waals surface area contributed by atoms with Crippen molar-refractivity contribution in [2.24, 2.45) is 0 Å². The van der Waals surface area contributed by atoms with E-state index in [-0.39, 0.29) is 12.1 Å². The van der Waals surface area contributed by atoms with Gasteiger partial charge in [-0.2, -0.15) is 11.8 Å². The van der Waals surface area contributed by atoms with Crippen LogP contribution in [-0.2, 0) is 0 Å². The van der Waals surface area contributed by atoms with Crippen LogP contribution in [0.2, 0.25) is 0 Å². The second-order valence-electron chi connectivity index (χ2n) is 5.03. The van der Waals surface area contributed by atoms with E-state index in [1.807, 2.05) is 7.05 Å². The molecule has 0 bridgehead atoms. The first kappa shape index (κ1) is 13.3. The van der Waals surface area contributed by atoms with Gasteiger partial charge in [-0.05, 0) is 33.2 Å². The van der Waals surface area contributed by atoms with Crippen LogP contribution >= 0.6 is 11.8 Å². The van der Waals surface area contributed by atoms with E-state index in [2.05, 4.69) is 30.9 Å². The van der Waals surface area contributed by atoms with Crippen molar-refractivity contribution in [3.05, 3.63) is 0 Å². The monoisotopic (exact) mass is 231 g/mol. The third-order valence-corrected chi connectivity index (χ3v) is 4.91. The van der Waals surface area contributed by atoms with Crippen LogP contribution in [0.15, 0.2) is 0 Å². The molecule has 0 aromatic carbocycles. The van der Waals surface area contributed by atoms with E-state index in [4.69, 9.17) is 0 Å². The lowest BCUT2D eigenvalue weighted by Gasteiger charge is -2.30. The summed E-state index contributed by atoms with van der Waals surface area (Å²) >= 11 is 2.11. The highest BCUT2D eigenvalue weighted by molar-refractivity contribution is 8.00. The summed E-state index contributed by atoms with van der Waals surface area (Å²) < 4.78 is 0. The average molecular weight is 231 g/mol. The van der Waals surface area contributed by atoms with Crippen LogP contribution in [0, 0.1) is 0 Å². The first-order valence-corrected chi connectivity index (χ1v) is 6.99. The van der Waals surface area contributed by atoms with Crippen molar-refractivity contribution in [3.8, 4) is 0 Å². The molecule has 0 aromatic rings. The standard InChI is InChI=1S/C12H25NOS/c1-10(8-12(2,9-14)13-3)15-11-6-4-5-7-11/h10-11,13-14H,4-9H2,1-3H3. The van der Waals surface area contributed by atoms with E-state index in [0.717, 1.165) is 11.7 Å². The summed E-state index contributed by atoms with van der Waals surface area (Å²) in [4.78, 5) is 0. The lowest BCUT2D eigenvalue weighted by Crippen LogP contribution is -2.45. The predicted molar refractivity (Wildman–Crippen MR) is 68.5 cm³/mol. The van der Waals surface area contributed by atoms with Crippen LogP contribution in [0.3, 0.4) is 0 Å². The number of rotatable bonds is 6. The van der Waals surface area contributed by atoms with Gasteiger partial charge in [0.2, 0.25) is 0 Å². The van der Waals surface area contributed by atoms with Crippen molar-refractivity contribution in [2.75, 3.05) is 13.7 Å². The van der Waals surface area contributed by atoms with Gasteiger partial charge >= 0.3 is 0 Å². The molecule has 1 aliphatic carbocycles. The van der Waals surface area contributed by atoms with Crippen LogP contribution in [0.5, 0.6) is 0 Å². The maximum Gasteiger partial charge on any atom is 0.0610 e. The molecule has 0 saturated heterocycles. The molecule has 1 aliphatic rings. The van der Waals surface area contributed by atoms with E-state index in [1.165, 1.54) is 25.7 Å². The Morgan fingerprint density at radius 2 is 2.07 bits per heavy atom. The molecular formula is C12H25NOS. The number of aliphatic hydroxyl groups excluding tert-OH is 1. The van der Waals surface area contributed by atoms with Gasteiger partial charge in [0.25, 0.3) is 0 Å². The lowest BCUT2D eigenvalue weighted by atomic mass is 9.97. The summed E-state index contributed by atoms with van der Waals surface area (Å²) in [6, 6.07) is 0. The van der Waals surface area contributed by atoms with E-state index in [9.17, 15) is 5.11 Å². The fraction of sp³-hybridized carbons (Fsp3) is 1.00. The largest absolute Gasteiger partial charge is 0.394 e. The number of hydrogen-bond donors (Lipinski definition) is 2. The summed E-state index contributed by atoms with van der Waals surface area (Å²) in [6.07, 6.45) is 6.65. The Morgan fingerprint density at radius 3 is 2.53 bits per heavy atom. The summed E-state index contributed by atoms with van der Waals surface area (Å²) in [5.74, 6) is 0. The van der Waals surface area contributed by atoms with Gasteiger partial charge in [-0.15, -0.1) is 0 Å². The molecule has 90 valence electrons. The topological polar surface area (TPSA) is 32.3 Å². The normalized spacial score (nSPS) is 24.0. The fourth-order valence-electron chi connectivity index (χ4n) is 2.28. The van der Waals surface area contributed by atoms with Crippen LogP contribution in [-0.4, -0.2) is 34.8 Å². The molecule has 0 aromatic heterocycles. The van der Waals surface area contributed by atoms with Gasteiger partial charge in [-0.3, -0.25) is 0 Å². The molecule has 1 fully saturated rings. The third kappa shape index (κ3) is 4.33. The Balaban J connectivity index is 2.30. The molecule has 2 atom stereocenters. The number of thioether (sulfide) groups is 1. The van der Waals surface area contributed by atoms with Gasteiger partial charge in [0.1, 0.15) is 0 Å². The number of nitrogens with one attached hydrogen (secondary N) is 1. The smallest absolute Gasteiger partial charge is 0.0610 e. The van der Waals surface area contributed by atoms with Crippen molar-refractivity contribution >= 4 is 11.8 Å². The molecule has 0 amide bonds. The second-order valence-corrected chi connectivity index (χ2v) is 6.77. The molecule has 1 rings (SSSR count). The van der Waals surface area contributed by atoms with Gasteiger partial charge in [-0.25, -0.2) is 0 Å². The molecule has 1 saturated carbocycles. The highest BCUT2D eigenvalue weighted by atomic mass is 32.2. The minimum absolute atomic E-state index is 0.106. The van der Waals surface area contributed by atoms with Gasteiger partial charge in [0, 0.05) is 16.0 Å².